The molecule has 1 aliphatic rings. The number of halogens is 1. The topological polar surface area (TPSA) is 21.3 Å². The molecule has 0 saturated carbocycles. The zero-order valence-electron chi connectivity index (χ0n) is 9.41. The van der Waals surface area contributed by atoms with E-state index >= 15 is 0 Å². The molecular weight excluding hydrogens is 210 g/mol. The first-order valence-electron chi connectivity index (χ1n) is 5.13. The van der Waals surface area contributed by atoms with Gasteiger partial charge in [0.25, 0.3) is 0 Å². The van der Waals surface area contributed by atoms with Crippen molar-refractivity contribution in [2.24, 2.45) is 0 Å². The maximum absolute atomic E-state index is 5.23. The normalized spacial score (nSPS) is 23.9. The molecule has 2 nitrogen and oxygen atoms in total. The zero-order chi connectivity index (χ0) is 10.1. The average Bonchev–Trinajstić information content (AvgIpc) is 2.16. The lowest BCUT2D eigenvalue weighted by Gasteiger charge is -2.29. The Labute approximate surface area is 97.4 Å². The summed E-state index contributed by atoms with van der Waals surface area (Å²) in [6, 6.07) is 7.37. The summed E-state index contributed by atoms with van der Waals surface area (Å²) in [5, 5.41) is 3.53. The van der Waals surface area contributed by atoms with Gasteiger partial charge in [-0.05, 0) is 43.5 Å². The van der Waals surface area contributed by atoms with Crippen LogP contribution in [0.1, 0.15) is 31.0 Å². The van der Waals surface area contributed by atoms with E-state index in [-0.39, 0.29) is 12.4 Å². The first kappa shape index (κ1) is 12.3. The molecule has 2 rings (SSSR count). The molecular formula is C12H18ClNO. The fourth-order valence-corrected chi connectivity index (χ4v) is 2.21. The van der Waals surface area contributed by atoms with Crippen molar-refractivity contribution in [3.05, 3.63) is 29.3 Å². The molecule has 1 aliphatic heterocycles. The molecule has 0 radical (unpaired) electrons. The lowest BCUT2D eigenvalue weighted by atomic mass is 9.91. The largest absolute Gasteiger partial charge is 0.497 e. The first-order valence-corrected chi connectivity index (χ1v) is 5.13. The molecule has 1 aromatic rings. The molecule has 0 fully saturated rings. The van der Waals surface area contributed by atoms with Crippen molar-refractivity contribution in [2.75, 3.05) is 7.11 Å². The van der Waals surface area contributed by atoms with Gasteiger partial charge in [-0.2, -0.15) is 0 Å². The summed E-state index contributed by atoms with van der Waals surface area (Å²) in [6.45, 7) is 4.43. The summed E-state index contributed by atoms with van der Waals surface area (Å²) in [5.41, 5.74) is 2.83. The monoisotopic (exact) mass is 227 g/mol. The lowest BCUT2D eigenvalue weighted by Crippen LogP contribution is -2.35. The second-order valence-corrected chi connectivity index (χ2v) is 4.06. The number of ether oxygens (including phenoxy) is 1. The Morgan fingerprint density at radius 1 is 1.33 bits per heavy atom. The fourth-order valence-electron chi connectivity index (χ4n) is 2.21. The highest BCUT2D eigenvalue weighted by Crippen LogP contribution is 2.28. The van der Waals surface area contributed by atoms with Crippen LogP contribution in [0.2, 0.25) is 0 Å². The van der Waals surface area contributed by atoms with Crippen LogP contribution in [0.15, 0.2) is 18.2 Å². The van der Waals surface area contributed by atoms with Crippen molar-refractivity contribution in [1.82, 2.24) is 5.32 Å². The third-order valence-corrected chi connectivity index (χ3v) is 2.88. The Hall–Kier alpha value is -0.730. The SMILES string of the molecule is COc1ccc2c(c1)CC(C)NC2C.Cl. The van der Waals surface area contributed by atoms with E-state index in [1.165, 1.54) is 11.1 Å². The van der Waals surface area contributed by atoms with Crippen LogP contribution >= 0.6 is 12.4 Å². The molecule has 1 N–H and O–H groups in total. The maximum Gasteiger partial charge on any atom is 0.119 e. The molecule has 2 atom stereocenters. The second-order valence-electron chi connectivity index (χ2n) is 4.06. The molecule has 1 heterocycles. The van der Waals surface area contributed by atoms with E-state index < -0.39 is 0 Å². The van der Waals surface area contributed by atoms with E-state index in [0.29, 0.717) is 12.1 Å². The molecule has 84 valence electrons. The number of hydrogen-bond acceptors (Lipinski definition) is 2. The Morgan fingerprint density at radius 3 is 2.73 bits per heavy atom. The van der Waals surface area contributed by atoms with Gasteiger partial charge in [0.1, 0.15) is 5.75 Å². The highest BCUT2D eigenvalue weighted by molar-refractivity contribution is 5.85. The average molecular weight is 228 g/mol. The molecule has 0 amide bonds. The molecule has 0 aromatic heterocycles. The number of methoxy groups -OCH3 is 1. The number of rotatable bonds is 1. The Bertz CT molecular complexity index is 340. The predicted octanol–water partition coefficient (Wildman–Crippen LogP) is 2.71. The minimum absolute atomic E-state index is 0. The molecule has 0 spiro atoms. The van der Waals surface area contributed by atoms with Gasteiger partial charge in [0.15, 0.2) is 0 Å². The third-order valence-electron chi connectivity index (χ3n) is 2.88. The van der Waals surface area contributed by atoms with Crippen molar-refractivity contribution in [3.63, 3.8) is 0 Å². The van der Waals surface area contributed by atoms with Gasteiger partial charge in [0.05, 0.1) is 7.11 Å². The van der Waals surface area contributed by atoms with Crippen molar-refractivity contribution in [1.29, 1.82) is 0 Å². The molecule has 3 heteroatoms. The Balaban J connectivity index is 0.00000112. The highest BCUT2D eigenvalue weighted by Gasteiger charge is 2.20. The molecule has 0 saturated heterocycles. The van der Waals surface area contributed by atoms with Crippen molar-refractivity contribution in [2.45, 2.75) is 32.4 Å². The summed E-state index contributed by atoms with van der Waals surface area (Å²) in [6.07, 6.45) is 1.09. The van der Waals surface area contributed by atoms with Gasteiger partial charge in [-0.25, -0.2) is 0 Å². The van der Waals surface area contributed by atoms with Gasteiger partial charge >= 0.3 is 0 Å². The van der Waals surface area contributed by atoms with Crippen LogP contribution in [-0.2, 0) is 6.42 Å². The van der Waals surface area contributed by atoms with E-state index in [1.807, 2.05) is 6.07 Å². The number of fused-ring (bicyclic) bond motifs is 1. The summed E-state index contributed by atoms with van der Waals surface area (Å²) >= 11 is 0. The van der Waals surface area contributed by atoms with Gasteiger partial charge in [0, 0.05) is 12.1 Å². The standard InChI is InChI=1S/C12H17NO.ClH/c1-8-6-10-7-11(14-3)4-5-12(10)9(2)13-8;/h4-5,7-9,13H,6H2,1-3H3;1H. The fraction of sp³-hybridized carbons (Fsp3) is 0.500. The Kier molecular flexibility index (Phi) is 4.00. The Morgan fingerprint density at radius 2 is 2.07 bits per heavy atom. The summed E-state index contributed by atoms with van der Waals surface area (Å²) in [5.74, 6) is 0.963. The molecule has 0 aliphatic carbocycles. The summed E-state index contributed by atoms with van der Waals surface area (Å²) in [4.78, 5) is 0. The minimum Gasteiger partial charge on any atom is -0.497 e. The van der Waals surface area contributed by atoms with Crippen LogP contribution in [0.4, 0.5) is 0 Å². The minimum atomic E-state index is 0. The van der Waals surface area contributed by atoms with E-state index in [9.17, 15) is 0 Å². The van der Waals surface area contributed by atoms with E-state index in [4.69, 9.17) is 4.74 Å². The number of hydrogen-bond donors (Lipinski definition) is 1. The zero-order valence-corrected chi connectivity index (χ0v) is 10.2. The van der Waals surface area contributed by atoms with Crippen molar-refractivity contribution >= 4 is 12.4 Å². The van der Waals surface area contributed by atoms with Gasteiger partial charge in [-0.15, -0.1) is 12.4 Å². The molecule has 15 heavy (non-hydrogen) atoms. The lowest BCUT2D eigenvalue weighted by molar-refractivity contribution is 0.408. The summed E-state index contributed by atoms with van der Waals surface area (Å²) in [7, 11) is 1.72. The van der Waals surface area contributed by atoms with Crippen LogP contribution in [-0.4, -0.2) is 13.2 Å². The van der Waals surface area contributed by atoms with Crippen molar-refractivity contribution < 1.29 is 4.74 Å². The first-order chi connectivity index (χ1) is 6.70. The molecule has 1 aromatic carbocycles. The number of benzene rings is 1. The van der Waals surface area contributed by atoms with Crippen molar-refractivity contribution in [3.8, 4) is 5.75 Å². The van der Waals surface area contributed by atoms with Gasteiger partial charge in [-0.1, -0.05) is 6.07 Å². The van der Waals surface area contributed by atoms with Crippen LogP contribution in [0.25, 0.3) is 0 Å². The molecule has 2 unspecified atom stereocenters. The van der Waals surface area contributed by atoms with E-state index in [2.05, 4.69) is 31.3 Å². The smallest absolute Gasteiger partial charge is 0.119 e. The van der Waals surface area contributed by atoms with Crippen LogP contribution < -0.4 is 10.1 Å². The maximum atomic E-state index is 5.23. The molecule has 0 bridgehead atoms. The van der Waals surface area contributed by atoms with E-state index in [0.717, 1.165) is 12.2 Å². The third kappa shape index (κ3) is 2.44. The van der Waals surface area contributed by atoms with Gasteiger partial charge < -0.3 is 10.1 Å². The predicted molar refractivity (Wildman–Crippen MR) is 65.0 cm³/mol. The van der Waals surface area contributed by atoms with Gasteiger partial charge in [-0.3, -0.25) is 0 Å². The van der Waals surface area contributed by atoms with E-state index in [1.54, 1.807) is 7.11 Å². The number of nitrogens with one attached hydrogen (secondary N) is 1. The van der Waals surface area contributed by atoms with Crippen LogP contribution in [0.5, 0.6) is 5.75 Å². The van der Waals surface area contributed by atoms with Crippen LogP contribution in [0.3, 0.4) is 0 Å². The summed E-state index contributed by atoms with van der Waals surface area (Å²) < 4.78 is 5.23. The van der Waals surface area contributed by atoms with Crippen LogP contribution in [0, 0.1) is 0 Å². The quantitative estimate of drug-likeness (QED) is 0.797. The van der Waals surface area contributed by atoms with Gasteiger partial charge in [0.2, 0.25) is 0 Å². The second kappa shape index (κ2) is 4.86. The highest BCUT2D eigenvalue weighted by atomic mass is 35.5.